The van der Waals surface area contributed by atoms with Gasteiger partial charge >= 0.3 is 12.1 Å². The zero-order chi connectivity index (χ0) is 65.0. The van der Waals surface area contributed by atoms with E-state index >= 15 is 0 Å². The monoisotopic (exact) mass is 1260 g/mol. The zero-order valence-corrected chi connectivity index (χ0v) is 53.4. The Hall–Kier alpha value is -5.33. The van der Waals surface area contributed by atoms with E-state index in [2.05, 4.69) is 38.3 Å². The number of hydrazine groups is 1. The summed E-state index contributed by atoms with van der Waals surface area (Å²) in [5, 5.41) is 65.6. The molecule has 1 heterocycles. The SMILES string of the molecule is CCCCCCCCCCCCCC[C@@H](OC(=O)CCCCCCCCCCc1ccc(F)cc1)[C@@H](O)[C@H](CO[C@H]1OC(CO)[C@H](O)[C@H](O)C1O)NC(=O)OCc1ccc(NC(=O)[C@H](CCCNN)CC(=O)[C@@H](NC(=O)CCCCCN=[N+]=[N-])C(C)C)cc1. The molecule has 2 aromatic carbocycles. The molecule has 1 aliphatic rings. The number of amides is 3. The first kappa shape index (κ1) is 77.9. The molecule has 0 spiro atoms. The second kappa shape index (κ2) is 47.6. The van der Waals surface area contributed by atoms with E-state index in [4.69, 9.17) is 30.3 Å². The summed E-state index contributed by atoms with van der Waals surface area (Å²) in [6, 6.07) is 10.9. The van der Waals surface area contributed by atoms with Gasteiger partial charge in [0.2, 0.25) is 11.8 Å². The van der Waals surface area contributed by atoms with Crippen molar-refractivity contribution in [2.45, 2.75) is 275 Å². The highest BCUT2D eigenvalue weighted by atomic mass is 19.1. The second-order valence-electron chi connectivity index (χ2n) is 24.2. The average Bonchev–Trinajstić information content (AvgIpc) is 2.23. The fourth-order valence-electron chi connectivity index (χ4n) is 10.9. The highest BCUT2D eigenvalue weighted by molar-refractivity contribution is 5.97. The number of nitrogens with one attached hydrogen (secondary N) is 4. The molecule has 2 aromatic rings. The molecule has 504 valence electrons. The molecule has 23 heteroatoms. The Morgan fingerprint density at radius 1 is 0.719 bits per heavy atom. The number of nitrogens with two attached hydrogens (primary N) is 1. The van der Waals surface area contributed by atoms with Gasteiger partial charge < -0.3 is 60.4 Å². The molecule has 2 unspecified atom stereocenters. The Balaban J connectivity index is 1.69. The minimum atomic E-state index is -1.78. The van der Waals surface area contributed by atoms with Crippen molar-refractivity contribution in [3.05, 3.63) is 75.9 Å². The largest absolute Gasteiger partial charge is 0.460 e. The molecule has 0 bridgehead atoms. The summed E-state index contributed by atoms with van der Waals surface area (Å²) in [6.45, 7) is 5.05. The van der Waals surface area contributed by atoms with Crippen LogP contribution in [-0.4, -0.2) is 136 Å². The standard InChI is InChI=1S/C66H109FN8O14/c1-4-5-6-7-8-9-10-11-12-16-19-23-30-55(88-58(79)32-25-20-17-14-13-15-18-22-28-48-33-37-51(67)38-34-48)60(80)53(46-86-65-63(83)62(82)61(81)56(44-76)89-65)73-66(85)87-45-49-35-39-52(40-36-49)72-64(84)50(29-27-41-70-68)43-54(77)59(47(2)3)74-57(78)31-24-21-26-42-71-75-69/h33-40,47,50,53,55-56,59-63,65,70,76,80-83H,4-32,41-46,68H2,1-3H3,(H,72,84)(H,73,85)(H,74,78)/t50-,53+,55-,56?,59+,60+,61+,62+,63?,65+/m1/s1. The number of aliphatic hydroxyl groups is 5. The van der Waals surface area contributed by atoms with Gasteiger partial charge in [0.15, 0.2) is 12.1 Å². The Kier molecular flexibility index (Phi) is 41.6. The number of nitrogens with zero attached hydrogens (tertiary/aromatic N) is 3. The minimum Gasteiger partial charge on any atom is -0.460 e. The number of anilines is 1. The Morgan fingerprint density at radius 2 is 1.30 bits per heavy atom. The summed E-state index contributed by atoms with van der Waals surface area (Å²) in [6.07, 6.45) is 13.0. The number of aliphatic hydroxyl groups excluding tert-OH is 5. The zero-order valence-electron chi connectivity index (χ0n) is 53.4. The summed E-state index contributed by atoms with van der Waals surface area (Å²) in [5.41, 5.74) is 13.1. The molecule has 0 aromatic heterocycles. The number of ether oxygens (including phenoxy) is 4. The molecule has 3 amide bonds. The van der Waals surface area contributed by atoms with Crippen LogP contribution < -0.4 is 27.2 Å². The molecule has 3 rings (SSSR count). The smallest absolute Gasteiger partial charge is 0.407 e. The van der Waals surface area contributed by atoms with Crippen LogP contribution >= 0.6 is 0 Å². The predicted octanol–water partition coefficient (Wildman–Crippen LogP) is 10.1. The number of azide groups is 1. The van der Waals surface area contributed by atoms with Crippen molar-refractivity contribution in [3.8, 4) is 0 Å². The van der Waals surface area contributed by atoms with Crippen LogP contribution in [0.5, 0.6) is 0 Å². The van der Waals surface area contributed by atoms with E-state index < -0.39 is 92.1 Å². The van der Waals surface area contributed by atoms with Crippen LogP contribution in [0, 0.1) is 17.7 Å². The van der Waals surface area contributed by atoms with Crippen LogP contribution in [0.1, 0.15) is 218 Å². The molecule has 1 fully saturated rings. The third-order valence-corrected chi connectivity index (χ3v) is 16.4. The van der Waals surface area contributed by atoms with Crippen molar-refractivity contribution in [1.82, 2.24) is 16.1 Å². The van der Waals surface area contributed by atoms with Gasteiger partial charge in [-0.15, -0.1) is 0 Å². The van der Waals surface area contributed by atoms with Gasteiger partial charge in [0.1, 0.15) is 49.0 Å². The molecule has 10 atom stereocenters. The minimum absolute atomic E-state index is 0.112. The number of rotatable bonds is 51. The lowest BCUT2D eigenvalue weighted by Gasteiger charge is -2.40. The number of alkyl carbamates (subject to hydrolysis) is 1. The predicted molar refractivity (Wildman–Crippen MR) is 339 cm³/mol. The quantitative estimate of drug-likeness (QED) is 0.00560. The maximum atomic E-state index is 13.8. The van der Waals surface area contributed by atoms with E-state index in [0.717, 1.165) is 82.6 Å². The number of esters is 1. The molecule has 11 N–H and O–H groups in total. The van der Waals surface area contributed by atoms with Gasteiger partial charge in [0.05, 0.1) is 25.3 Å². The summed E-state index contributed by atoms with van der Waals surface area (Å²) in [4.78, 5) is 70.4. The van der Waals surface area contributed by atoms with Crippen molar-refractivity contribution in [2.24, 2.45) is 22.8 Å². The Morgan fingerprint density at radius 3 is 1.91 bits per heavy atom. The third-order valence-electron chi connectivity index (χ3n) is 16.4. The van der Waals surface area contributed by atoms with Crippen molar-refractivity contribution >= 4 is 35.3 Å². The van der Waals surface area contributed by atoms with E-state index in [0.29, 0.717) is 69.3 Å². The second-order valence-corrected chi connectivity index (χ2v) is 24.2. The molecule has 0 aliphatic carbocycles. The first-order valence-corrected chi connectivity index (χ1v) is 33.1. The summed E-state index contributed by atoms with van der Waals surface area (Å²) < 4.78 is 36.4. The molecular weight excluding hydrogens is 1150 g/mol. The molecule has 89 heavy (non-hydrogen) atoms. The number of halogens is 1. The number of carbonyl (C=O) groups excluding carboxylic acids is 5. The topological polar surface area (TPSA) is 346 Å². The molecule has 1 saturated heterocycles. The number of benzene rings is 2. The van der Waals surface area contributed by atoms with Crippen molar-refractivity contribution in [1.29, 1.82) is 0 Å². The fraction of sp³-hybridized carbons (Fsp3) is 0.742. The van der Waals surface area contributed by atoms with Gasteiger partial charge in [0.25, 0.3) is 0 Å². The van der Waals surface area contributed by atoms with Crippen LogP contribution in [0.25, 0.3) is 10.4 Å². The van der Waals surface area contributed by atoms with Crippen molar-refractivity contribution < 1.29 is 72.8 Å². The number of carbonyl (C=O) groups is 5. The van der Waals surface area contributed by atoms with E-state index in [-0.39, 0.29) is 55.7 Å². The van der Waals surface area contributed by atoms with Gasteiger partial charge in [-0.05, 0) is 105 Å². The summed E-state index contributed by atoms with van der Waals surface area (Å²) in [5.74, 6) is 2.78. The van der Waals surface area contributed by atoms with Crippen LogP contribution in [0.3, 0.4) is 0 Å². The van der Waals surface area contributed by atoms with Gasteiger partial charge in [-0.3, -0.25) is 30.4 Å². The average molecular weight is 1260 g/mol. The molecule has 0 saturated carbocycles. The first-order valence-electron chi connectivity index (χ1n) is 33.1. The normalized spacial score (nSPS) is 18.3. The van der Waals surface area contributed by atoms with Crippen LogP contribution in [0.15, 0.2) is 53.6 Å². The van der Waals surface area contributed by atoms with E-state index in [9.17, 15) is 53.9 Å². The van der Waals surface area contributed by atoms with E-state index in [1.807, 2.05) is 26.0 Å². The first-order chi connectivity index (χ1) is 43.0. The number of ketones is 1. The number of Topliss-reactive ketones (excluding diaryl/α,β-unsaturated/α-hetero) is 1. The maximum absolute atomic E-state index is 13.8. The summed E-state index contributed by atoms with van der Waals surface area (Å²) >= 11 is 0. The number of aryl methyl sites for hydroxylation is 1. The number of unbranched alkanes of at least 4 members (excludes halogenated alkanes) is 20. The van der Waals surface area contributed by atoms with Crippen LogP contribution in [0.4, 0.5) is 14.9 Å². The fourth-order valence-corrected chi connectivity index (χ4v) is 10.9. The van der Waals surface area contributed by atoms with Crippen molar-refractivity contribution in [3.63, 3.8) is 0 Å². The lowest BCUT2D eigenvalue weighted by Crippen LogP contribution is -2.60. The highest BCUT2D eigenvalue weighted by Crippen LogP contribution is 2.25. The van der Waals surface area contributed by atoms with Gasteiger partial charge in [-0.2, -0.15) is 0 Å². The van der Waals surface area contributed by atoms with Crippen LogP contribution in [-0.2, 0) is 51.2 Å². The van der Waals surface area contributed by atoms with Gasteiger partial charge in [-0.25, -0.2) is 9.18 Å². The van der Waals surface area contributed by atoms with Gasteiger partial charge in [-0.1, -0.05) is 166 Å². The lowest BCUT2D eigenvalue weighted by atomic mass is 9.89. The molecule has 1 aliphatic heterocycles. The third kappa shape index (κ3) is 33.5. The van der Waals surface area contributed by atoms with Gasteiger partial charge in [0, 0.05) is 48.9 Å². The lowest BCUT2D eigenvalue weighted by molar-refractivity contribution is -0.303. The molecule has 22 nitrogen and oxygen atoms in total. The van der Waals surface area contributed by atoms with E-state index in [1.54, 1.807) is 24.3 Å². The Bertz CT molecular complexity index is 2300. The molecular formula is C66H109FN8O14. The summed E-state index contributed by atoms with van der Waals surface area (Å²) in [7, 11) is 0. The number of hydrogen-bond donors (Lipinski definition) is 10. The van der Waals surface area contributed by atoms with Crippen molar-refractivity contribution in [2.75, 3.05) is 31.6 Å². The maximum Gasteiger partial charge on any atom is 0.407 e. The highest BCUT2D eigenvalue weighted by Gasteiger charge is 2.45. The van der Waals surface area contributed by atoms with Crippen LogP contribution in [0.2, 0.25) is 0 Å². The Labute approximate surface area is 527 Å². The molecule has 0 radical (unpaired) electrons. The van der Waals surface area contributed by atoms with E-state index in [1.165, 1.54) is 57.1 Å². The number of hydrogen-bond acceptors (Lipinski definition) is 17.